The third-order valence-corrected chi connectivity index (χ3v) is 2.12. The van der Waals surface area contributed by atoms with E-state index in [0.29, 0.717) is 0 Å². The number of carbonyl (C=O) groups is 1. The van der Waals surface area contributed by atoms with Crippen LogP contribution in [0.15, 0.2) is 0 Å². The van der Waals surface area contributed by atoms with Gasteiger partial charge in [-0.05, 0) is 20.8 Å². The normalized spacial score (nSPS) is 20.8. The van der Waals surface area contributed by atoms with Crippen molar-refractivity contribution in [2.45, 2.75) is 38.1 Å². The second-order valence-corrected chi connectivity index (χ2v) is 5.04. The molecule has 0 spiro atoms. The molecule has 1 amide bonds. The largest absolute Gasteiger partial charge is 0.446 e. The Hall–Kier alpha value is -0.880. The molecule has 0 saturated carbocycles. The molecule has 1 aliphatic heterocycles. The highest BCUT2D eigenvalue weighted by Gasteiger charge is 2.45. The Morgan fingerprint density at radius 2 is 2.19 bits per heavy atom. The van der Waals surface area contributed by atoms with Crippen molar-refractivity contribution in [2.24, 2.45) is 0 Å². The van der Waals surface area contributed by atoms with Gasteiger partial charge in [0.25, 0.3) is 0 Å². The summed E-state index contributed by atoms with van der Waals surface area (Å²) in [6.07, 6.45) is -2.31. The minimum Gasteiger partial charge on any atom is -0.446 e. The van der Waals surface area contributed by atoms with Crippen LogP contribution >= 0.6 is 0 Å². The van der Waals surface area contributed by atoms with Crippen molar-refractivity contribution in [1.82, 2.24) is 5.32 Å². The van der Waals surface area contributed by atoms with Crippen LogP contribution in [-0.4, -0.2) is 48.3 Å². The number of rotatable bonds is 3. The zero-order chi connectivity index (χ0) is 12.4. The summed E-state index contributed by atoms with van der Waals surface area (Å²) in [6.45, 7) is 4.77. The molecule has 1 heterocycles. The number of carbonyl (C=O) groups excluding carboxylic acids is 1. The van der Waals surface area contributed by atoms with Crippen molar-refractivity contribution in [3.05, 3.63) is 0 Å². The van der Waals surface area contributed by atoms with E-state index in [0.717, 1.165) is 0 Å². The Morgan fingerprint density at radius 1 is 1.62 bits per heavy atom. The molecular weight excluding hydrogens is 217 g/mol. The Balaban J connectivity index is 2.26. The summed E-state index contributed by atoms with van der Waals surface area (Å²) < 4.78 is 22.8. The van der Waals surface area contributed by atoms with Crippen LogP contribution in [0.1, 0.15) is 20.8 Å². The van der Waals surface area contributed by atoms with Crippen LogP contribution in [0.25, 0.3) is 0 Å². The predicted octanol–water partition coefficient (Wildman–Crippen LogP) is 0.611. The van der Waals surface area contributed by atoms with Crippen LogP contribution in [0.4, 0.5) is 9.18 Å². The summed E-state index contributed by atoms with van der Waals surface area (Å²) in [4.78, 5) is 11.2. The van der Waals surface area contributed by atoms with E-state index >= 15 is 0 Å². The molecule has 0 aromatic heterocycles. The molecule has 16 heavy (non-hydrogen) atoms. The number of aliphatic hydroxyl groups is 1. The fourth-order valence-electron chi connectivity index (χ4n) is 1.14. The molecule has 6 heteroatoms. The number of hydrogen-bond donors (Lipinski definition) is 2. The second kappa shape index (κ2) is 4.55. The lowest BCUT2D eigenvalue weighted by molar-refractivity contribution is -0.215. The van der Waals surface area contributed by atoms with Crippen molar-refractivity contribution in [1.29, 1.82) is 0 Å². The zero-order valence-electron chi connectivity index (χ0n) is 9.75. The van der Waals surface area contributed by atoms with Gasteiger partial charge in [0.1, 0.15) is 12.2 Å². The fourth-order valence-corrected chi connectivity index (χ4v) is 1.14. The summed E-state index contributed by atoms with van der Waals surface area (Å²) >= 11 is 0. The van der Waals surface area contributed by atoms with Crippen LogP contribution in [0.2, 0.25) is 0 Å². The molecule has 1 unspecified atom stereocenters. The van der Waals surface area contributed by atoms with Crippen molar-refractivity contribution < 1.29 is 23.8 Å². The van der Waals surface area contributed by atoms with Crippen molar-refractivity contribution in [3.8, 4) is 0 Å². The Bertz CT molecular complexity index is 260. The molecule has 0 aromatic carbocycles. The van der Waals surface area contributed by atoms with Crippen molar-refractivity contribution in [2.75, 3.05) is 19.8 Å². The van der Waals surface area contributed by atoms with E-state index in [4.69, 9.17) is 4.74 Å². The highest BCUT2D eigenvalue weighted by atomic mass is 19.1. The summed E-state index contributed by atoms with van der Waals surface area (Å²) in [5.41, 5.74) is -1.93. The third kappa shape index (κ3) is 3.61. The van der Waals surface area contributed by atoms with E-state index in [-0.39, 0.29) is 13.2 Å². The molecule has 0 bridgehead atoms. The van der Waals surface area contributed by atoms with Crippen molar-refractivity contribution in [3.63, 3.8) is 0 Å². The smallest absolute Gasteiger partial charge is 0.407 e. The number of alkyl halides is 1. The number of hydrogen-bond acceptors (Lipinski definition) is 4. The molecule has 1 fully saturated rings. The minimum atomic E-state index is -1.62. The van der Waals surface area contributed by atoms with Gasteiger partial charge in [-0.1, -0.05) is 0 Å². The number of nitrogens with one attached hydrogen (secondary N) is 1. The maximum atomic E-state index is 13.4. The Kier molecular flexibility index (Phi) is 3.75. The average Bonchev–Trinajstić information content (AvgIpc) is 2.07. The number of amides is 1. The first-order chi connectivity index (χ1) is 7.23. The van der Waals surface area contributed by atoms with Crippen LogP contribution in [0.5, 0.6) is 0 Å². The van der Waals surface area contributed by atoms with Gasteiger partial charge in [-0.2, -0.15) is 0 Å². The lowest BCUT2D eigenvalue weighted by Crippen LogP contribution is -2.58. The van der Waals surface area contributed by atoms with Gasteiger partial charge in [-0.3, -0.25) is 0 Å². The van der Waals surface area contributed by atoms with E-state index in [1.165, 1.54) is 0 Å². The number of halogens is 1. The highest BCUT2D eigenvalue weighted by molar-refractivity contribution is 5.68. The maximum absolute atomic E-state index is 13.4. The molecule has 0 radical (unpaired) electrons. The molecule has 0 aromatic rings. The van der Waals surface area contributed by atoms with Gasteiger partial charge < -0.3 is 19.9 Å². The molecule has 5 nitrogen and oxygen atoms in total. The van der Waals surface area contributed by atoms with Crippen LogP contribution in [-0.2, 0) is 9.47 Å². The summed E-state index contributed by atoms with van der Waals surface area (Å²) in [7, 11) is 0. The molecule has 1 atom stereocenters. The molecule has 2 N–H and O–H groups in total. The maximum Gasteiger partial charge on any atom is 0.407 e. The number of ether oxygens (including phenoxy) is 2. The van der Waals surface area contributed by atoms with Crippen LogP contribution < -0.4 is 5.32 Å². The summed E-state index contributed by atoms with van der Waals surface area (Å²) in [6, 6.07) is 0. The van der Waals surface area contributed by atoms with E-state index < -0.39 is 30.0 Å². The van der Waals surface area contributed by atoms with Gasteiger partial charge in [-0.25, -0.2) is 9.18 Å². The molecule has 1 aliphatic rings. The standard InChI is InChI=1S/C10H18FNO4/c1-9(2,3)12-8(13)16-4-7(11)10(14)5-15-6-10/h7,14H,4-6H2,1-3H3,(H,12,13). The first kappa shape index (κ1) is 13.2. The SMILES string of the molecule is CC(C)(C)NC(=O)OCC(F)C1(O)COC1. The van der Waals surface area contributed by atoms with Crippen LogP contribution in [0, 0.1) is 0 Å². The first-order valence-corrected chi connectivity index (χ1v) is 5.12. The first-order valence-electron chi connectivity index (χ1n) is 5.12. The molecule has 94 valence electrons. The molecular formula is C10H18FNO4. The highest BCUT2D eigenvalue weighted by Crippen LogP contribution is 2.23. The molecule has 1 rings (SSSR count). The van der Waals surface area contributed by atoms with Gasteiger partial charge >= 0.3 is 6.09 Å². The summed E-state index contributed by atoms with van der Waals surface area (Å²) in [5, 5.41) is 12.0. The lowest BCUT2D eigenvalue weighted by Gasteiger charge is -2.38. The van der Waals surface area contributed by atoms with E-state index in [1.807, 2.05) is 0 Å². The quantitative estimate of drug-likeness (QED) is 0.752. The summed E-state index contributed by atoms with van der Waals surface area (Å²) in [5.74, 6) is 0. The van der Waals surface area contributed by atoms with Crippen molar-refractivity contribution >= 4 is 6.09 Å². The Labute approximate surface area is 93.9 Å². The molecule has 1 saturated heterocycles. The van der Waals surface area contributed by atoms with Gasteiger partial charge in [0.05, 0.1) is 13.2 Å². The lowest BCUT2D eigenvalue weighted by atomic mass is 9.97. The third-order valence-electron chi connectivity index (χ3n) is 2.12. The zero-order valence-corrected chi connectivity index (χ0v) is 9.75. The van der Waals surface area contributed by atoms with Gasteiger partial charge in [-0.15, -0.1) is 0 Å². The predicted molar refractivity (Wildman–Crippen MR) is 54.9 cm³/mol. The molecule has 0 aliphatic carbocycles. The van der Waals surface area contributed by atoms with Crippen LogP contribution in [0.3, 0.4) is 0 Å². The monoisotopic (exact) mass is 235 g/mol. The van der Waals surface area contributed by atoms with E-state index in [1.54, 1.807) is 20.8 Å². The second-order valence-electron chi connectivity index (χ2n) is 5.04. The van der Waals surface area contributed by atoms with Gasteiger partial charge in [0.15, 0.2) is 6.17 Å². The fraction of sp³-hybridized carbons (Fsp3) is 0.900. The topological polar surface area (TPSA) is 67.8 Å². The van der Waals surface area contributed by atoms with E-state index in [2.05, 4.69) is 10.1 Å². The average molecular weight is 235 g/mol. The van der Waals surface area contributed by atoms with Gasteiger partial charge in [0, 0.05) is 5.54 Å². The van der Waals surface area contributed by atoms with E-state index in [9.17, 15) is 14.3 Å². The minimum absolute atomic E-state index is 0.0571. The van der Waals surface area contributed by atoms with Gasteiger partial charge in [0.2, 0.25) is 0 Å². The number of alkyl carbamates (subject to hydrolysis) is 1. The Morgan fingerprint density at radius 3 is 2.56 bits per heavy atom.